The van der Waals surface area contributed by atoms with Gasteiger partial charge in [0.15, 0.2) is 11.5 Å². The highest BCUT2D eigenvalue weighted by molar-refractivity contribution is 7.92. The van der Waals surface area contributed by atoms with Gasteiger partial charge in [0.1, 0.15) is 13.2 Å². The molecule has 0 spiro atoms. The van der Waals surface area contributed by atoms with Gasteiger partial charge in [-0.1, -0.05) is 6.07 Å². The van der Waals surface area contributed by atoms with E-state index in [-0.39, 0.29) is 21.8 Å². The van der Waals surface area contributed by atoms with Crippen molar-refractivity contribution < 1.29 is 22.8 Å². The highest BCUT2D eigenvalue weighted by atomic mass is 32.2. The average Bonchev–Trinajstić information content (AvgIpc) is 2.56. The zero-order valence-electron chi connectivity index (χ0n) is 12.7. The number of nitrogens with one attached hydrogen (secondary N) is 1. The molecule has 1 heterocycles. The first-order valence-electron chi connectivity index (χ1n) is 7.05. The van der Waals surface area contributed by atoms with Crippen molar-refractivity contribution in [2.45, 2.75) is 11.8 Å². The molecule has 0 atom stereocenters. The summed E-state index contributed by atoms with van der Waals surface area (Å²) in [5.74, 6) is 0.826. The normalized spacial score (nSPS) is 13.4. The Morgan fingerprint density at radius 2 is 1.83 bits per heavy atom. The van der Waals surface area contributed by atoms with Crippen LogP contribution >= 0.6 is 0 Å². The topological polar surface area (TPSA) is 108 Å². The fourth-order valence-electron chi connectivity index (χ4n) is 2.33. The molecular formula is C15H14N2O6S. The fourth-order valence-corrected chi connectivity index (χ4v) is 3.46. The van der Waals surface area contributed by atoms with Crippen molar-refractivity contribution in [1.82, 2.24) is 0 Å². The Bertz CT molecular complexity index is 910. The summed E-state index contributed by atoms with van der Waals surface area (Å²) in [5.41, 5.74) is 0.236. The van der Waals surface area contributed by atoms with E-state index >= 15 is 0 Å². The molecular weight excluding hydrogens is 336 g/mol. The molecule has 1 N–H and O–H groups in total. The van der Waals surface area contributed by atoms with Crippen LogP contribution in [0.4, 0.5) is 11.4 Å². The fraction of sp³-hybridized carbons (Fsp3) is 0.200. The summed E-state index contributed by atoms with van der Waals surface area (Å²) in [6, 6.07) is 8.48. The first-order chi connectivity index (χ1) is 11.4. The summed E-state index contributed by atoms with van der Waals surface area (Å²) in [5, 5.41) is 11.0. The molecule has 1 aliphatic rings. The highest BCUT2D eigenvalue weighted by Crippen LogP contribution is 2.33. The maximum absolute atomic E-state index is 12.5. The summed E-state index contributed by atoms with van der Waals surface area (Å²) in [4.78, 5) is 10.4. The van der Waals surface area contributed by atoms with Gasteiger partial charge >= 0.3 is 0 Å². The molecule has 126 valence electrons. The minimum atomic E-state index is -3.92. The molecule has 1 aliphatic heterocycles. The smallest absolute Gasteiger partial charge is 0.274 e. The number of hydrogen-bond donors (Lipinski definition) is 1. The van der Waals surface area contributed by atoms with Crippen LogP contribution in [0, 0.1) is 17.0 Å². The van der Waals surface area contributed by atoms with Gasteiger partial charge in [0.05, 0.1) is 21.1 Å². The number of ether oxygens (including phenoxy) is 2. The lowest BCUT2D eigenvalue weighted by molar-refractivity contribution is -0.385. The SMILES string of the molecule is Cc1c(NS(=O)(=O)c2ccc3c(c2)OCCO3)cccc1[N+](=O)[O-]. The summed E-state index contributed by atoms with van der Waals surface area (Å²) in [6.07, 6.45) is 0. The number of fused-ring (bicyclic) bond motifs is 1. The molecule has 2 aromatic rings. The predicted molar refractivity (Wildman–Crippen MR) is 86.1 cm³/mol. The van der Waals surface area contributed by atoms with Gasteiger partial charge in [0, 0.05) is 12.1 Å². The Labute approximate surface area is 138 Å². The molecule has 0 aromatic heterocycles. The largest absolute Gasteiger partial charge is 0.486 e. The molecule has 3 rings (SSSR count). The molecule has 0 bridgehead atoms. The van der Waals surface area contributed by atoms with Crippen LogP contribution in [0.5, 0.6) is 11.5 Å². The van der Waals surface area contributed by atoms with Gasteiger partial charge in [-0.25, -0.2) is 8.42 Å². The number of nitro groups is 1. The zero-order valence-corrected chi connectivity index (χ0v) is 13.5. The molecule has 0 aliphatic carbocycles. The van der Waals surface area contributed by atoms with Gasteiger partial charge in [-0.15, -0.1) is 0 Å². The van der Waals surface area contributed by atoms with Crippen LogP contribution in [0.3, 0.4) is 0 Å². The van der Waals surface area contributed by atoms with Gasteiger partial charge in [0.25, 0.3) is 15.7 Å². The molecule has 2 aromatic carbocycles. The molecule has 0 saturated heterocycles. The lowest BCUT2D eigenvalue weighted by Gasteiger charge is -2.19. The lowest BCUT2D eigenvalue weighted by Crippen LogP contribution is -2.17. The first kappa shape index (κ1) is 16.1. The van der Waals surface area contributed by atoms with Crippen molar-refractivity contribution in [1.29, 1.82) is 0 Å². The molecule has 8 nitrogen and oxygen atoms in total. The minimum absolute atomic E-state index is 0.0161. The Kier molecular flexibility index (Phi) is 4.02. The molecule has 9 heteroatoms. The van der Waals surface area contributed by atoms with E-state index in [4.69, 9.17) is 9.47 Å². The quantitative estimate of drug-likeness (QED) is 0.670. The van der Waals surface area contributed by atoms with Gasteiger partial charge < -0.3 is 9.47 Å². The monoisotopic (exact) mass is 350 g/mol. The van der Waals surface area contributed by atoms with Crippen molar-refractivity contribution in [3.8, 4) is 11.5 Å². The minimum Gasteiger partial charge on any atom is -0.486 e. The number of sulfonamides is 1. The second-order valence-electron chi connectivity index (χ2n) is 5.12. The van der Waals surface area contributed by atoms with Crippen molar-refractivity contribution in [2.24, 2.45) is 0 Å². The van der Waals surface area contributed by atoms with Crippen LogP contribution in [-0.2, 0) is 10.0 Å². The second kappa shape index (κ2) is 6.00. The van der Waals surface area contributed by atoms with Crippen LogP contribution in [-0.4, -0.2) is 26.6 Å². The second-order valence-corrected chi connectivity index (χ2v) is 6.80. The molecule has 0 unspecified atom stereocenters. The Morgan fingerprint density at radius 3 is 2.54 bits per heavy atom. The van der Waals surface area contributed by atoms with Gasteiger partial charge in [-0.2, -0.15) is 0 Å². The van der Waals surface area contributed by atoms with E-state index in [0.717, 1.165) is 0 Å². The zero-order chi connectivity index (χ0) is 17.3. The van der Waals surface area contributed by atoms with Crippen LogP contribution in [0.25, 0.3) is 0 Å². The number of rotatable bonds is 4. The van der Waals surface area contributed by atoms with Crippen molar-refractivity contribution >= 4 is 21.4 Å². The standard InChI is InChI=1S/C15H14N2O6S/c1-10-12(3-2-4-13(10)17(18)19)16-24(20,21)11-5-6-14-15(9-11)23-8-7-22-14/h2-6,9,16H,7-8H2,1H3. The number of benzene rings is 2. The predicted octanol–water partition coefficient (Wildman–Crippen LogP) is 2.48. The number of nitro benzene ring substituents is 1. The van der Waals surface area contributed by atoms with E-state index in [9.17, 15) is 18.5 Å². The Balaban J connectivity index is 1.95. The van der Waals surface area contributed by atoms with E-state index in [1.807, 2.05) is 0 Å². The first-order valence-corrected chi connectivity index (χ1v) is 8.53. The molecule has 0 saturated carbocycles. The molecule has 0 fully saturated rings. The van der Waals surface area contributed by atoms with Crippen LogP contribution in [0.15, 0.2) is 41.3 Å². The summed E-state index contributed by atoms with van der Waals surface area (Å²) >= 11 is 0. The Morgan fingerprint density at radius 1 is 1.12 bits per heavy atom. The van der Waals surface area contributed by atoms with Crippen molar-refractivity contribution in [2.75, 3.05) is 17.9 Å². The lowest BCUT2D eigenvalue weighted by atomic mass is 10.2. The van der Waals surface area contributed by atoms with Gasteiger partial charge in [-0.3, -0.25) is 14.8 Å². The third kappa shape index (κ3) is 2.98. The van der Waals surface area contributed by atoms with Crippen LogP contribution < -0.4 is 14.2 Å². The summed E-state index contributed by atoms with van der Waals surface area (Å²) in [6.45, 7) is 2.23. The molecule has 0 radical (unpaired) electrons. The van der Waals surface area contributed by atoms with Gasteiger partial charge in [0.2, 0.25) is 0 Å². The third-order valence-electron chi connectivity index (χ3n) is 3.57. The van der Waals surface area contributed by atoms with E-state index in [0.29, 0.717) is 24.7 Å². The average molecular weight is 350 g/mol. The van der Waals surface area contributed by atoms with Crippen molar-refractivity contribution in [3.63, 3.8) is 0 Å². The van der Waals surface area contributed by atoms with Crippen LogP contribution in [0.1, 0.15) is 5.56 Å². The maximum Gasteiger partial charge on any atom is 0.274 e. The van der Waals surface area contributed by atoms with Crippen molar-refractivity contribution in [3.05, 3.63) is 52.1 Å². The summed E-state index contributed by atoms with van der Waals surface area (Å²) in [7, 11) is -3.92. The molecule has 0 amide bonds. The van der Waals surface area contributed by atoms with Crippen LogP contribution in [0.2, 0.25) is 0 Å². The maximum atomic E-state index is 12.5. The van der Waals surface area contributed by atoms with E-state index in [1.165, 1.54) is 43.3 Å². The number of anilines is 1. The van der Waals surface area contributed by atoms with E-state index < -0.39 is 14.9 Å². The highest BCUT2D eigenvalue weighted by Gasteiger charge is 2.22. The third-order valence-corrected chi connectivity index (χ3v) is 4.93. The number of nitrogens with zero attached hydrogens (tertiary/aromatic N) is 1. The van der Waals surface area contributed by atoms with E-state index in [2.05, 4.69) is 4.72 Å². The Hall–Kier alpha value is -2.81. The molecule has 24 heavy (non-hydrogen) atoms. The number of hydrogen-bond acceptors (Lipinski definition) is 6. The summed E-state index contributed by atoms with van der Waals surface area (Å²) < 4.78 is 38.2. The van der Waals surface area contributed by atoms with E-state index in [1.54, 1.807) is 0 Å². The van der Waals surface area contributed by atoms with Gasteiger partial charge in [-0.05, 0) is 25.1 Å².